The zero-order valence-electron chi connectivity index (χ0n) is 3.80. The van der Waals surface area contributed by atoms with Crippen molar-refractivity contribution in [2.45, 2.75) is 0 Å². The number of halogens is 1. The van der Waals surface area contributed by atoms with Gasteiger partial charge in [-0.2, -0.15) is 0 Å². The van der Waals surface area contributed by atoms with Crippen molar-refractivity contribution in [1.82, 2.24) is 0 Å². The third-order valence-corrected chi connectivity index (χ3v) is 2.31. The van der Waals surface area contributed by atoms with Gasteiger partial charge in [-0.05, 0) is 27.4 Å². The SMILES string of the molecule is OOc1ccsc1Br. The molecule has 1 rings (SSSR count). The molecule has 0 bridgehead atoms. The van der Waals surface area contributed by atoms with Crippen LogP contribution in [-0.4, -0.2) is 5.26 Å². The normalized spacial score (nSPS) is 9.25. The van der Waals surface area contributed by atoms with E-state index in [1.165, 1.54) is 11.3 Å². The van der Waals surface area contributed by atoms with Crippen LogP contribution in [0.15, 0.2) is 15.2 Å². The summed E-state index contributed by atoms with van der Waals surface area (Å²) in [6.07, 6.45) is 0. The first-order valence-electron chi connectivity index (χ1n) is 1.89. The smallest absolute Gasteiger partial charge is 0.190 e. The maximum Gasteiger partial charge on any atom is 0.190 e. The molecule has 0 aliphatic heterocycles. The Labute approximate surface area is 58.8 Å². The second-order valence-electron chi connectivity index (χ2n) is 1.15. The zero-order chi connectivity index (χ0) is 5.98. The van der Waals surface area contributed by atoms with Gasteiger partial charge < -0.3 is 4.89 Å². The topological polar surface area (TPSA) is 29.5 Å². The average molecular weight is 195 g/mol. The highest BCUT2D eigenvalue weighted by Gasteiger charge is 1.98. The minimum Gasteiger partial charge on any atom is -0.338 e. The fraction of sp³-hybridized carbons (Fsp3) is 0. The molecule has 0 amide bonds. The number of hydrogen-bond acceptors (Lipinski definition) is 3. The standard InChI is InChI=1S/C4H3BrO2S/c5-4-3(7-6)1-2-8-4/h1-2,6H. The van der Waals surface area contributed by atoms with Crippen molar-refractivity contribution in [3.63, 3.8) is 0 Å². The summed E-state index contributed by atoms with van der Waals surface area (Å²) in [7, 11) is 0. The molecule has 0 atom stereocenters. The molecule has 0 saturated carbocycles. The Balaban J connectivity index is 2.92. The molecule has 1 heterocycles. The predicted octanol–water partition coefficient (Wildman–Crippen LogP) is 2.36. The lowest BCUT2D eigenvalue weighted by Gasteiger charge is -1.87. The van der Waals surface area contributed by atoms with Crippen LogP contribution >= 0.6 is 27.3 Å². The van der Waals surface area contributed by atoms with Crippen molar-refractivity contribution in [2.75, 3.05) is 0 Å². The van der Waals surface area contributed by atoms with E-state index in [0.29, 0.717) is 5.75 Å². The van der Waals surface area contributed by atoms with Crippen LogP contribution in [0.1, 0.15) is 0 Å². The predicted molar refractivity (Wildman–Crippen MR) is 35.3 cm³/mol. The lowest BCUT2D eigenvalue weighted by atomic mass is 10.6. The van der Waals surface area contributed by atoms with Gasteiger partial charge in [-0.15, -0.1) is 11.3 Å². The Hall–Kier alpha value is -0.0600. The van der Waals surface area contributed by atoms with Gasteiger partial charge in [0.2, 0.25) is 0 Å². The Morgan fingerprint density at radius 1 is 1.75 bits per heavy atom. The fourth-order valence-corrected chi connectivity index (χ4v) is 1.41. The average Bonchev–Trinajstić information content (AvgIpc) is 2.14. The van der Waals surface area contributed by atoms with Crippen molar-refractivity contribution in [3.05, 3.63) is 15.2 Å². The molecule has 0 aliphatic carbocycles. The Kier molecular flexibility index (Phi) is 1.88. The van der Waals surface area contributed by atoms with Crippen LogP contribution in [0.2, 0.25) is 0 Å². The monoisotopic (exact) mass is 194 g/mol. The van der Waals surface area contributed by atoms with Crippen LogP contribution in [0.25, 0.3) is 0 Å². The molecule has 0 spiro atoms. The second-order valence-corrected chi connectivity index (χ2v) is 3.38. The first-order chi connectivity index (χ1) is 3.84. The summed E-state index contributed by atoms with van der Waals surface area (Å²) in [6.45, 7) is 0. The van der Waals surface area contributed by atoms with E-state index in [4.69, 9.17) is 5.26 Å². The number of thiophene rings is 1. The van der Waals surface area contributed by atoms with E-state index in [2.05, 4.69) is 20.8 Å². The fourth-order valence-electron chi connectivity index (χ4n) is 0.345. The Morgan fingerprint density at radius 2 is 2.50 bits per heavy atom. The quantitative estimate of drug-likeness (QED) is 0.550. The van der Waals surface area contributed by atoms with Crippen molar-refractivity contribution < 1.29 is 10.1 Å². The summed E-state index contributed by atoms with van der Waals surface area (Å²) in [5.41, 5.74) is 0. The van der Waals surface area contributed by atoms with Gasteiger partial charge in [-0.25, -0.2) is 5.26 Å². The molecule has 44 valence electrons. The molecule has 0 saturated heterocycles. The molecule has 4 heteroatoms. The van der Waals surface area contributed by atoms with E-state index in [1.54, 1.807) is 6.07 Å². The highest BCUT2D eigenvalue weighted by atomic mass is 79.9. The molecule has 8 heavy (non-hydrogen) atoms. The van der Waals surface area contributed by atoms with E-state index in [1.807, 2.05) is 5.38 Å². The summed E-state index contributed by atoms with van der Waals surface area (Å²) >= 11 is 4.62. The highest BCUT2D eigenvalue weighted by molar-refractivity contribution is 9.11. The van der Waals surface area contributed by atoms with Gasteiger partial charge in [0, 0.05) is 0 Å². The van der Waals surface area contributed by atoms with Crippen molar-refractivity contribution in [3.8, 4) is 5.75 Å². The lowest BCUT2D eigenvalue weighted by Crippen LogP contribution is -1.78. The van der Waals surface area contributed by atoms with Crippen molar-refractivity contribution in [2.24, 2.45) is 0 Å². The van der Waals surface area contributed by atoms with E-state index in [0.717, 1.165) is 3.79 Å². The van der Waals surface area contributed by atoms with Crippen LogP contribution in [0, 0.1) is 0 Å². The van der Waals surface area contributed by atoms with E-state index in [-0.39, 0.29) is 0 Å². The van der Waals surface area contributed by atoms with Gasteiger partial charge in [0.1, 0.15) is 3.79 Å². The highest BCUT2D eigenvalue weighted by Crippen LogP contribution is 2.29. The number of rotatable bonds is 1. The molecule has 1 aromatic rings. The van der Waals surface area contributed by atoms with Crippen LogP contribution in [-0.2, 0) is 0 Å². The third kappa shape index (κ3) is 1.02. The molecule has 1 N–H and O–H groups in total. The van der Waals surface area contributed by atoms with Crippen LogP contribution in [0.5, 0.6) is 5.75 Å². The molecule has 2 nitrogen and oxygen atoms in total. The van der Waals surface area contributed by atoms with Crippen molar-refractivity contribution in [1.29, 1.82) is 0 Å². The maximum absolute atomic E-state index is 8.08. The molecular weight excluding hydrogens is 192 g/mol. The van der Waals surface area contributed by atoms with Crippen LogP contribution < -0.4 is 4.89 Å². The first kappa shape index (κ1) is 6.07. The minimum absolute atomic E-state index is 0.468. The molecule has 0 unspecified atom stereocenters. The first-order valence-corrected chi connectivity index (χ1v) is 3.56. The van der Waals surface area contributed by atoms with Gasteiger partial charge in [0.05, 0.1) is 0 Å². The van der Waals surface area contributed by atoms with Gasteiger partial charge in [-0.3, -0.25) is 0 Å². The molecular formula is C4H3BrO2S. The zero-order valence-corrected chi connectivity index (χ0v) is 6.20. The van der Waals surface area contributed by atoms with Gasteiger partial charge in [0.15, 0.2) is 5.75 Å². The number of hydrogen-bond donors (Lipinski definition) is 1. The van der Waals surface area contributed by atoms with Crippen molar-refractivity contribution >= 4 is 27.3 Å². The van der Waals surface area contributed by atoms with E-state index < -0.39 is 0 Å². The van der Waals surface area contributed by atoms with Gasteiger partial charge in [0.25, 0.3) is 0 Å². The molecule has 0 aromatic carbocycles. The second kappa shape index (κ2) is 2.48. The Bertz CT molecular complexity index is 174. The van der Waals surface area contributed by atoms with E-state index in [9.17, 15) is 0 Å². The van der Waals surface area contributed by atoms with Gasteiger partial charge in [-0.1, -0.05) is 0 Å². The van der Waals surface area contributed by atoms with Crippen LogP contribution in [0.3, 0.4) is 0 Å². The third-order valence-electron chi connectivity index (χ3n) is 0.683. The summed E-state index contributed by atoms with van der Waals surface area (Å²) in [4.78, 5) is 3.95. The molecule has 0 radical (unpaired) electrons. The summed E-state index contributed by atoms with van der Waals surface area (Å²) in [6, 6.07) is 1.68. The molecule has 1 aromatic heterocycles. The van der Waals surface area contributed by atoms with Crippen LogP contribution in [0.4, 0.5) is 0 Å². The molecule has 0 fully saturated rings. The largest absolute Gasteiger partial charge is 0.338 e. The maximum atomic E-state index is 8.08. The van der Waals surface area contributed by atoms with E-state index >= 15 is 0 Å². The Morgan fingerprint density at radius 3 is 2.75 bits per heavy atom. The molecule has 0 aliphatic rings. The summed E-state index contributed by atoms with van der Waals surface area (Å²) in [5.74, 6) is 0.468. The summed E-state index contributed by atoms with van der Waals surface area (Å²) < 4.78 is 0.806. The minimum atomic E-state index is 0.468. The summed E-state index contributed by atoms with van der Waals surface area (Å²) in [5, 5.41) is 9.90. The lowest BCUT2D eigenvalue weighted by molar-refractivity contribution is -0.137. The van der Waals surface area contributed by atoms with Gasteiger partial charge >= 0.3 is 0 Å².